The van der Waals surface area contributed by atoms with Crippen LogP contribution in [0.5, 0.6) is 0 Å². The molecule has 0 nitrogen and oxygen atoms in total. The highest BCUT2D eigenvalue weighted by molar-refractivity contribution is 4.86. The van der Waals surface area contributed by atoms with E-state index in [0.29, 0.717) is 0 Å². The van der Waals surface area contributed by atoms with Gasteiger partial charge in [0.25, 0.3) is 0 Å². The smallest absolute Gasteiger partial charge is 0.171 e. The summed E-state index contributed by atoms with van der Waals surface area (Å²) >= 11 is 0. The van der Waals surface area contributed by atoms with Crippen molar-refractivity contribution in [3.05, 3.63) is 0 Å². The molecule has 1 fully saturated rings. The fourth-order valence-electron chi connectivity index (χ4n) is 2.29. The van der Waals surface area contributed by atoms with Crippen molar-refractivity contribution < 1.29 is 26.3 Å². The van der Waals surface area contributed by atoms with Crippen LogP contribution in [0.4, 0.5) is 26.3 Å². The number of alkyl halides is 6. The number of rotatable bonds is 0. The molecule has 0 aromatic heterocycles. The van der Waals surface area contributed by atoms with E-state index in [1.165, 1.54) is 0 Å². The summed E-state index contributed by atoms with van der Waals surface area (Å²) in [4.78, 5) is 0. The molecule has 1 rings (SSSR count). The lowest BCUT2D eigenvalue weighted by Gasteiger charge is -2.37. The molecule has 15 heavy (non-hydrogen) atoms. The Morgan fingerprint density at radius 3 is 1.40 bits per heavy atom. The van der Waals surface area contributed by atoms with Crippen LogP contribution in [-0.2, 0) is 0 Å². The molecule has 0 aliphatic heterocycles. The average Bonchev–Trinajstić information content (AvgIpc) is 1.99. The Kier molecular flexibility index (Phi) is 3.26. The maximum Gasteiger partial charge on any atom is 0.392 e. The van der Waals surface area contributed by atoms with Crippen LogP contribution in [0, 0.1) is 17.8 Å². The SMILES string of the molecule is CC1C(C(F)(F)F)CCCC1C(F)(F)F. The monoisotopic (exact) mass is 234 g/mol. The second-order valence-electron chi connectivity index (χ2n) is 4.09. The van der Waals surface area contributed by atoms with Crippen molar-refractivity contribution in [1.82, 2.24) is 0 Å². The van der Waals surface area contributed by atoms with Crippen LogP contribution in [0.1, 0.15) is 26.2 Å². The van der Waals surface area contributed by atoms with E-state index in [1.807, 2.05) is 0 Å². The van der Waals surface area contributed by atoms with E-state index in [2.05, 4.69) is 0 Å². The van der Waals surface area contributed by atoms with Crippen molar-refractivity contribution in [2.24, 2.45) is 17.8 Å². The summed E-state index contributed by atoms with van der Waals surface area (Å²) in [6, 6.07) is 0. The van der Waals surface area contributed by atoms with E-state index in [-0.39, 0.29) is 19.3 Å². The third-order valence-corrected chi connectivity index (χ3v) is 3.14. The molecule has 0 amide bonds. The van der Waals surface area contributed by atoms with Gasteiger partial charge in [0.1, 0.15) is 0 Å². The minimum Gasteiger partial charge on any atom is -0.171 e. The highest BCUT2D eigenvalue weighted by Gasteiger charge is 2.53. The fraction of sp³-hybridized carbons (Fsp3) is 1.00. The Morgan fingerprint density at radius 2 is 1.13 bits per heavy atom. The first kappa shape index (κ1) is 12.6. The minimum absolute atomic E-state index is 0.00130. The van der Waals surface area contributed by atoms with E-state index in [0.717, 1.165) is 6.92 Å². The summed E-state index contributed by atoms with van der Waals surface area (Å²) in [5.41, 5.74) is 0. The van der Waals surface area contributed by atoms with Crippen molar-refractivity contribution in [2.75, 3.05) is 0 Å². The number of halogens is 6. The van der Waals surface area contributed by atoms with E-state index >= 15 is 0 Å². The second kappa shape index (κ2) is 3.87. The van der Waals surface area contributed by atoms with Gasteiger partial charge in [-0.3, -0.25) is 0 Å². The van der Waals surface area contributed by atoms with Crippen molar-refractivity contribution in [1.29, 1.82) is 0 Å². The quantitative estimate of drug-likeness (QED) is 0.552. The molecule has 2 atom stereocenters. The number of hydrogen-bond acceptors (Lipinski definition) is 0. The van der Waals surface area contributed by atoms with Crippen molar-refractivity contribution in [3.8, 4) is 0 Å². The third kappa shape index (κ3) is 2.78. The molecule has 1 aliphatic rings. The van der Waals surface area contributed by atoms with Crippen molar-refractivity contribution in [3.63, 3.8) is 0 Å². The summed E-state index contributed by atoms with van der Waals surface area (Å²) in [7, 11) is 0. The average molecular weight is 234 g/mol. The Balaban J connectivity index is 2.81. The van der Waals surface area contributed by atoms with Crippen LogP contribution in [0.25, 0.3) is 0 Å². The molecule has 0 aromatic carbocycles. The van der Waals surface area contributed by atoms with Crippen LogP contribution < -0.4 is 0 Å². The molecule has 0 radical (unpaired) electrons. The lowest BCUT2D eigenvalue weighted by Crippen LogP contribution is -2.41. The summed E-state index contributed by atoms with van der Waals surface area (Å²) < 4.78 is 74.3. The molecule has 1 aliphatic carbocycles. The predicted molar refractivity (Wildman–Crippen MR) is 42.1 cm³/mol. The van der Waals surface area contributed by atoms with Gasteiger partial charge in [0.15, 0.2) is 0 Å². The van der Waals surface area contributed by atoms with Gasteiger partial charge in [0.05, 0.1) is 11.8 Å². The fourth-order valence-corrected chi connectivity index (χ4v) is 2.29. The van der Waals surface area contributed by atoms with E-state index in [4.69, 9.17) is 0 Å². The van der Waals surface area contributed by atoms with Crippen LogP contribution >= 0.6 is 0 Å². The molecular formula is C9H12F6. The molecule has 0 saturated heterocycles. The lowest BCUT2D eigenvalue weighted by atomic mass is 9.72. The Morgan fingerprint density at radius 1 is 0.800 bits per heavy atom. The van der Waals surface area contributed by atoms with Crippen LogP contribution in [0.15, 0.2) is 0 Å². The normalized spacial score (nSPS) is 34.2. The summed E-state index contributed by atoms with van der Waals surface area (Å²) in [5, 5.41) is 0. The zero-order valence-electron chi connectivity index (χ0n) is 8.12. The standard InChI is InChI=1S/C9H12F6/c1-5-6(8(10,11)12)3-2-4-7(5)9(13,14)15/h5-7H,2-4H2,1H3. The number of hydrogen-bond donors (Lipinski definition) is 0. The van der Waals surface area contributed by atoms with Gasteiger partial charge in [-0.2, -0.15) is 26.3 Å². The minimum atomic E-state index is -4.51. The van der Waals surface area contributed by atoms with Gasteiger partial charge in [0.2, 0.25) is 0 Å². The van der Waals surface area contributed by atoms with Gasteiger partial charge < -0.3 is 0 Å². The first-order chi connectivity index (χ1) is 6.64. The Hall–Kier alpha value is -0.420. The molecule has 0 spiro atoms. The highest BCUT2D eigenvalue weighted by Crippen LogP contribution is 2.49. The highest BCUT2D eigenvalue weighted by atomic mass is 19.4. The van der Waals surface area contributed by atoms with E-state index < -0.39 is 30.1 Å². The van der Waals surface area contributed by atoms with Gasteiger partial charge in [-0.05, 0) is 18.8 Å². The molecular weight excluding hydrogens is 222 g/mol. The summed E-state index contributed by atoms with van der Waals surface area (Å²) in [6.45, 7) is 1.05. The summed E-state index contributed by atoms with van der Waals surface area (Å²) in [5.74, 6) is -4.98. The van der Waals surface area contributed by atoms with Gasteiger partial charge in [-0.1, -0.05) is 13.3 Å². The van der Waals surface area contributed by atoms with Crippen LogP contribution in [0.2, 0.25) is 0 Å². The van der Waals surface area contributed by atoms with E-state index in [9.17, 15) is 26.3 Å². The molecule has 2 unspecified atom stereocenters. The summed E-state index contributed by atoms with van der Waals surface area (Å²) in [6.07, 6.45) is -9.39. The maximum absolute atomic E-state index is 12.4. The zero-order chi connectivity index (χ0) is 11.9. The van der Waals surface area contributed by atoms with Crippen LogP contribution in [0.3, 0.4) is 0 Å². The maximum atomic E-state index is 12.4. The van der Waals surface area contributed by atoms with Gasteiger partial charge in [-0.15, -0.1) is 0 Å². The third-order valence-electron chi connectivity index (χ3n) is 3.14. The molecule has 0 N–H and O–H groups in total. The second-order valence-corrected chi connectivity index (χ2v) is 4.09. The Labute approximate surface area is 83.6 Å². The van der Waals surface area contributed by atoms with E-state index in [1.54, 1.807) is 0 Å². The van der Waals surface area contributed by atoms with Gasteiger partial charge in [-0.25, -0.2) is 0 Å². The first-order valence-corrected chi connectivity index (χ1v) is 4.77. The van der Waals surface area contributed by atoms with Crippen LogP contribution in [-0.4, -0.2) is 12.4 Å². The van der Waals surface area contributed by atoms with Crippen molar-refractivity contribution in [2.45, 2.75) is 38.5 Å². The molecule has 0 aromatic rings. The van der Waals surface area contributed by atoms with Crippen molar-refractivity contribution >= 4 is 0 Å². The molecule has 6 heteroatoms. The predicted octanol–water partition coefficient (Wildman–Crippen LogP) is 4.16. The zero-order valence-corrected chi connectivity index (χ0v) is 8.12. The van der Waals surface area contributed by atoms with Gasteiger partial charge >= 0.3 is 12.4 Å². The first-order valence-electron chi connectivity index (χ1n) is 4.77. The Bertz CT molecular complexity index is 194. The largest absolute Gasteiger partial charge is 0.392 e. The molecule has 0 heterocycles. The van der Waals surface area contributed by atoms with Gasteiger partial charge in [0, 0.05) is 0 Å². The molecule has 0 bridgehead atoms. The molecule has 90 valence electrons. The molecule has 1 saturated carbocycles. The topological polar surface area (TPSA) is 0 Å². The lowest BCUT2D eigenvalue weighted by molar-refractivity contribution is -0.242.